The van der Waals surface area contributed by atoms with Gasteiger partial charge in [-0.2, -0.15) is 0 Å². The number of rotatable bonds is 7. The van der Waals surface area contributed by atoms with E-state index in [9.17, 15) is 0 Å². The Morgan fingerprint density at radius 3 is 1.65 bits per heavy atom. The smallest absolute Gasteiger partial charge is 0.00271 e. The molecule has 0 fully saturated rings. The number of hydrogen-bond acceptors (Lipinski definition) is 2. The second-order valence-corrected chi connectivity index (χ2v) is 7.07. The molecule has 0 spiro atoms. The van der Waals surface area contributed by atoms with Crippen molar-refractivity contribution in [1.82, 2.24) is 9.80 Å². The van der Waals surface area contributed by atoms with Crippen LogP contribution in [0.25, 0.3) is 0 Å². The Labute approximate surface area is 109 Å². The third kappa shape index (κ3) is 8.62. The van der Waals surface area contributed by atoms with Crippen LogP contribution < -0.4 is 0 Å². The molecule has 17 heavy (non-hydrogen) atoms. The lowest BCUT2D eigenvalue weighted by molar-refractivity contribution is 0.165. The average Bonchev–Trinajstić information content (AvgIpc) is 2.14. The first kappa shape index (κ1) is 16.9. The van der Waals surface area contributed by atoms with Crippen LogP contribution in [0, 0.1) is 17.3 Å². The summed E-state index contributed by atoms with van der Waals surface area (Å²) in [7, 11) is 4.46. The molecule has 0 N–H and O–H groups in total. The van der Waals surface area contributed by atoms with Gasteiger partial charge in [-0.15, -0.1) is 0 Å². The van der Waals surface area contributed by atoms with Gasteiger partial charge in [0.15, 0.2) is 0 Å². The molecule has 0 aliphatic heterocycles. The lowest BCUT2D eigenvalue weighted by Crippen LogP contribution is -2.36. The van der Waals surface area contributed by atoms with Crippen molar-refractivity contribution in [3.05, 3.63) is 0 Å². The average molecular weight is 242 g/mol. The highest BCUT2D eigenvalue weighted by atomic mass is 15.1. The van der Waals surface area contributed by atoms with Crippen LogP contribution in [0.4, 0.5) is 0 Å². The molecule has 0 radical (unpaired) electrons. The Hall–Kier alpha value is -0.0800. The third-order valence-corrected chi connectivity index (χ3v) is 3.45. The fourth-order valence-electron chi connectivity index (χ4n) is 2.35. The van der Waals surface area contributed by atoms with Crippen molar-refractivity contribution in [1.29, 1.82) is 0 Å². The van der Waals surface area contributed by atoms with Gasteiger partial charge < -0.3 is 9.80 Å². The van der Waals surface area contributed by atoms with Gasteiger partial charge in [0.2, 0.25) is 0 Å². The topological polar surface area (TPSA) is 6.48 Å². The van der Waals surface area contributed by atoms with Crippen LogP contribution in [0.2, 0.25) is 0 Å². The molecule has 0 aromatic rings. The third-order valence-electron chi connectivity index (χ3n) is 3.45. The van der Waals surface area contributed by atoms with Gasteiger partial charge in [-0.1, -0.05) is 41.5 Å². The SMILES string of the molecule is CCN(C)CC(C)C(C)CN(C)CC(C)(C)C. The summed E-state index contributed by atoms with van der Waals surface area (Å²) in [5.41, 5.74) is 0.401. The second-order valence-electron chi connectivity index (χ2n) is 7.07. The quantitative estimate of drug-likeness (QED) is 0.676. The Balaban J connectivity index is 4.02. The lowest BCUT2D eigenvalue weighted by Gasteiger charge is -2.32. The molecule has 0 aromatic heterocycles. The molecule has 104 valence electrons. The van der Waals surface area contributed by atoms with Gasteiger partial charge in [-0.3, -0.25) is 0 Å². The zero-order valence-electron chi connectivity index (χ0n) is 13.4. The summed E-state index contributed by atoms with van der Waals surface area (Å²) in [5, 5.41) is 0. The Morgan fingerprint density at radius 2 is 1.29 bits per heavy atom. The monoisotopic (exact) mass is 242 g/mol. The number of nitrogens with zero attached hydrogens (tertiary/aromatic N) is 2. The maximum atomic E-state index is 2.48. The van der Waals surface area contributed by atoms with Crippen molar-refractivity contribution in [2.24, 2.45) is 17.3 Å². The fraction of sp³-hybridized carbons (Fsp3) is 1.00. The van der Waals surface area contributed by atoms with Crippen molar-refractivity contribution >= 4 is 0 Å². The second kappa shape index (κ2) is 7.38. The molecule has 0 rings (SSSR count). The molecule has 0 heterocycles. The highest BCUT2D eigenvalue weighted by Crippen LogP contribution is 2.18. The van der Waals surface area contributed by atoms with E-state index < -0.39 is 0 Å². The molecule has 0 saturated heterocycles. The summed E-state index contributed by atoms with van der Waals surface area (Å²) >= 11 is 0. The van der Waals surface area contributed by atoms with Crippen LogP contribution in [-0.2, 0) is 0 Å². The molecule has 0 aliphatic rings. The molecule has 2 heteroatoms. The first-order chi connectivity index (χ1) is 7.65. The molecule has 2 atom stereocenters. The van der Waals surface area contributed by atoms with Crippen LogP contribution in [0.15, 0.2) is 0 Å². The van der Waals surface area contributed by atoms with Crippen LogP contribution in [0.5, 0.6) is 0 Å². The van der Waals surface area contributed by atoms with E-state index in [4.69, 9.17) is 0 Å². The zero-order chi connectivity index (χ0) is 13.6. The minimum Gasteiger partial charge on any atom is -0.306 e. The summed E-state index contributed by atoms with van der Waals surface area (Å²) < 4.78 is 0. The lowest BCUT2D eigenvalue weighted by atomic mass is 9.92. The first-order valence-electron chi connectivity index (χ1n) is 7.02. The Morgan fingerprint density at radius 1 is 0.882 bits per heavy atom. The Kier molecular flexibility index (Phi) is 7.34. The summed E-state index contributed by atoms with van der Waals surface area (Å²) in [6.07, 6.45) is 0. The predicted octanol–water partition coefficient (Wildman–Crippen LogP) is 3.19. The van der Waals surface area contributed by atoms with Gasteiger partial charge in [0, 0.05) is 19.6 Å². The van der Waals surface area contributed by atoms with Crippen molar-refractivity contribution in [3.63, 3.8) is 0 Å². The molecular weight excluding hydrogens is 208 g/mol. The minimum absolute atomic E-state index is 0.401. The maximum Gasteiger partial charge on any atom is 0.00271 e. The Bertz CT molecular complexity index is 196. The van der Waals surface area contributed by atoms with E-state index in [-0.39, 0.29) is 0 Å². The van der Waals surface area contributed by atoms with E-state index in [1.54, 1.807) is 0 Å². The summed E-state index contributed by atoms with van der Waals surface area (Å²) in [4.78, 5) is 4.89. The van der Waals surface area contributed by atoms with Gasteiger partial charge in [-0.05, 0) is 37.9 Å². The van der Waals surface area contributed by atoms with Gasteiger partial charge in [-0.25, -0.2) is 0 Å². The standard InChI is InChI=1S/C15H34N2/c1-9-16(7)10-13(2)14(3)11-17(8)12-15(4,5)6/h13-14H,9-12H2,1-8H3. The molecule has 2 unspecified atom stereocenters. The minimum atomic E-state index is 0.401. The molecule has 2 nitrogen and oxygen atoms in total. The molecule has 0 bridgehead atoms. The van der Waals surface area contributed by atoms with Crippen LogP contribution in [-0.4, -0.2) is 50.1 Å². The molecule has 0 aliphatic carbocycles. The van der Waals surface area contributed by atoms with E-state index in [0.717, 1.165) is 18.4 Å². The molecule has 0 amide bonds. The highest BCUT2D eigenvalue weighted by Gasteiger charge is 2.19. The van der Waals surface area contributed by atoms with E-state index in [2.05, 4.69) is 65.4 Å². The van der Waals surface area contributed by atoms with Crippen LogP contribution >= 0.6 is 0 Å². The largest absolute Gasteiger partial charge is 0.306 e. The normalized spacial score (nSPS) is 16.6. The molecular formula is C15H34N2. The van der Waals surface area contributed by atoms with Crippen molar-refractivity contribution in [2.45, 2.75) is 41.5 Å². The summed E-state index contributed by atoms with van der Waals surface area (Å²) in [5.74, 6) is 1.53. The fourth-order valence-corrected chi connectivity index (χ4v) is 2.35. The van der Waals surface area contributed by atoms with Gasteiger partial charge in [0.05, 0.1) is 0 Å². The summed E-state index contributed by atoms with van der Waals surface area (Å²) in [6, 6.07) is 0. The van der Waals surface area contributed by atoms with E-state index in [1.807, 2.05) is 0 Å². The summed E-state index contributed by atoms with van der Waals surface area (Å²) in [6.45, 7) is 18.6. The van der Waals surface area contributed by atoms with Crippen molar-refractivity contribution in [2.75, 3.05) is 40.3 Å². The molecule has 0 aromatic carbocycles. The highest BCUT2D eigenvalue weighted by molar-refractivity contribution is 4.72. The zero-order valence-corrected chi connectivity index (χ0v) is 13.4. The van der Waals surface area contributed by atoms with Crippen LogP contribution in [0.3, 0.4) is 0 Å². The molecule has 0 saturated carbocycles. The van der Waals surface area contributed by atoms with Gasteiger partial charge >= 0.3 is 0 Å². The van der Waals surface area contributed by atoms with E-state index in [0.29, 0.717) is 5.41 Å². The van der Waals surface area contributed by atoms with E-state index in [1.165, 1.54) is 19.6 Å². The van der Waals surface area contributed by atoms with E-state index >= 15 is 0 Å². The van der Waals surface area contributed by atoms with Crippen molar-refractivity contribution < 1.29 is 0 Å². The van der Waals surface area contributed by atoms with Crippen LogP contribution in [0.1, 0.15) is 41.5 Å². The van der Waals surface area contributed by atoms with Gasteiger partial charge in [0.1, 0.15) is 0 Å². The predicted molar refractivity (Wildman–Crippen MR) is 78.5 cm³/mol. The first-order valence-corrected chi connectivity index (χ1v) is 7.02. The number of hydrogen-bond donors (Lipinski definition) is 0. The maximum absolute atomic E-state index is 2.48. The van der Waals surface area contributed by atoms with Crippen molar-refractivity contribution in [3.8, 4) is 0 Å². The van der Waals surface area contributed by atoms with Gasteiger partial charge in [0.25, 0.3) is 0 Å².